The SMILES string of the molecule is NCC(Cl)=C1CCN(c2c(F)cc3c(=O)c(C(=O)O)cn(C4CCC4)c3c2OC(F)F)CC1. The van der Waals surface area contributed by atoms with E-state index >= 15 is 4.39 Å². The molecule has 1 aliphatic heterocycles. The van der Waals surface area contributed by atoms with Gasteiger partial charge in [-0.1, -0.05) is 17.2 Å². The molecule has 1 aromatic carbocycles. The van der Waals surface area contributed by atoms with Crippen LogP contribution in [0.15, 0.2) is 27.7 Å². The summed E-state index contributed by atoms with van der Waals surface area (Å²) in [5.74, 6) is -2.86. The van der Waals surface area contributed by atoms with Gasteiger partial charge in [0.05, 0.1) is 10.9 Å². The summed E-state index contributed by atoms with van der Waals surface area (Å²) in [7, 11) is 0. The van der Waals surface area contributed by atoms with Gasteiger partial charge in [-0.15, -0.1) is 0 Å². The Kier molecular flexibility index (Phi) is 6.58. The van der Waals surface area contributed by atoms with Crippen LogP contribution in [0.4, 0.5) is 18.9 Å². The molecule has 7 nitrogen and oxygen atoms in total. The van der Waals surface area contributed by atoms with Crippen molar-refractivity contribution in [3.8, 4) is 5.75 Å². The first kappa shape index (κ1) is 23.4. The molecule has 1 aliphatic carbocycles. The number of carboxylic acid groups (broad SMARTS) is 1. The lowest BCUT2D eigenvalue weighted by Crippen LogP contribution is -2.33. The summed E-state index contributed by atoms with van der Waals surface area (Å²) in [5, 5.41) is 9.69. The van der Waals surface area contributed by atoms with Crippen LogP contribution in [0, 0.1) is 5.82 Å². The van der Waals surface area contributed by atoms with Gasteiger partial charge in [0.1, 0.15) is 11.3 Å². The van der Waals surface area contributed by atoms with E-state index < -0.39 is 35.1 Å². The standard InChI is InChI=1S/C22H23ClF3N3O4/c23-15(9-27)11-4-6-28(7-5-11)18-16(24)8-13-17(20(18)33-22(25)26)29(12-2-1-3-12)10-14(19(13)30)21(31)32/h8,10,12,22H,1-7,9,27H2,(H,31,32). The maximum Gasteiger partial charge on any atom is 0.387 e. The van der Waals surface area contributed by atoms with Gasteiger partial charge in [0.15, 0.2) is 11.6 Å². The topological polar surface area (TPSA) is 97.8 Å². The first-order valence-electron chi connectivity index (χ1n) is 10.6. The fourth-order valence-electron chi connectivity index (χ4n) is 4.46. The molecule has 0 bridgehead atoms. The molecule has 0 amide bonds. The summed E-state index contributed by atoms with van der Waals surface area (Å²) < 4.78 is 48.6. The van der Waals surface area contributed by atoms with Gasteiger partial charge in [-0.05, 0) is 38.2 Å². The molecule has 1 saturated heterocycles. The number of carboxylic acids is 1. The van der Waals surface area contributed by atoms with Gasteiger partial charge >= 0.3 is 12.6 Å². The Morgan fingerprint density at radius 2 is 1.97 bits per heavy atom. The summed E-state index contributed by atoms with van der Waals surface area (Å²) in [6.07, 6.45) is 4.29. The van der Waals surface area contributed by atoms with Gasteiger partial charge in [0.25, 0.3) is 0 Å². The fourth-order valence-corrected chi connectivity index (χ4v) is 4.65. The molecule has 2 heterocycles. The Balaban J connectivity index is 1.94. The first-order valence-corrected chi connectivity index (χ1v) is 11.0. The number of nitrogens with two attached hydrogens (primary N) is 1. The summed E-state index contributed by atoms with van der Waals surface area (Å²) >= 11 is 6.14. The van der Waals surface area contributed by atoms with Gasteiger partial charge in [-0.2, -0.15) is 8.78 Å². The van der Waals surface area contributed by atoms with Crippen LogP contribution < -0.4 is 20.8 Å². The van der Waals surface area contributed by atoms with E-state index in [9.17, 15) is 23.5 Å². The molecule has 11 heteroatoms. The van der Waals surface area contributed by atoms with E-state index in [0.717, 1.165) is 24.3 Å². The summed E-state index contributed by atoms with van der Waals surface area (Å²) in [4.78, 5) is 26.0. The lowest BCUT2D eigenvalue weighted by molar-refractivity contribution is -0.0489. The number of hydrogen-bond acceptors (Lipinski definition) is 5. The summed E-state index contributed by atoms with van der Waals surface area (Å²) in [6, 6.07) is 0.717. The minimum absolute atomic E-state index is 0.0206. The van der Waals surface area contributed by atoms with E-state index in [2.05, 4.69) is 0 Å². The molecule has 0 spiro atoms. The molecule has 178 valence electrons. The van der Waals surface area contributed by atoms with Crippen molar-refractivity contribution >= 4 is 34.2 Å². The number of fused-ring (bicyclic) bond motifs is 1. The molecule has 0 radical (unpaired) electrons. The Morgan fingerprint density at radius 1 is 1.30 bits per heavy atom. The molecular weight excluding hydrogens is 463 g/mol. The second-order valence-electron chi connectivity index (χ2n) is 8.18. The number of carbonyl (C=O) groups is 1. The molecule has 2 aliphatic rings. The number of benzene rings is 1. The maximum atomic E-state index is 15.4. The first-order chi connectivity index (χ1) is 15.7. The molecule has 2 fully saturated rings. The molecule has 0 atom stereocenters. The number of alkyl halides is 2. The second-order valence-corrected chi connectivity index (χ2v) is 8.64. The largest absolute Gasteiger partial charge is 0.477 e. The number of anilines is 1. The number of aromatic carboxylic acids is 1. The zero-order chi connectivity index (χ0) is 23.9. The number of rotatable bonds is 6. The predicted octanol–water partition coefficient (Wildman–Crippen LogP) is 4.22. The fraction of sp³-hybridized carbons (Fsp3) is 0.455. The average molecular weight is 486 g/mol. The smallest absolute Gasteiger partial charge is 0.387 e. The Labute approximate surface area is 192 Å². The van der Waals surface area contributed by atoms with Crippen LogP contribution >= 0.6 is 11.6 Å². The monoisotopic (exact) mass is 485 g/mol. The quantitative estimate of drug-likeness (QED) is 0.636. The molecule has 0 unspecified atom stereocenters. The third-order valence-corrected chi connectivity index (χ3v) is 6.77. The van der Waals surface area contributed by atoms with Crippen LogP contribution in [0.2, 0.25) is 0 Å². The highest BCUT2D eigenvalue weighted by molar-refractivity contribution is 6.30. The second kappa shape index (κ2) is 9.26. The average Bonchev–Trinajstić information content (AvgIpc) is 2.73. The molecule has 33 heavy (non-hydrogen) atoms. The van der Waals surface area contributed by atoms with Gasteiger partial charge in [0.2, 0.25) is 5.43 Å². The van der Waals surface area contributed by atoms with Crippen LogP contribution in [0.25, 0.3) is 10.9 Å². The lowest BCUT2D eigenvalue weighted by Gasteiger charge is -2.34. The molecule has 1 saturated carbocycles. The van der Waals surface area contributed by atoms with E-state index in [1.54, 1.807) is 4.90 Å². The third-order valence-electron chi connectivity index (χ3n) is 6.35. The highest BCUT2D eigenvalue weighted by atomic mass is 35.5. The number of hydrogen-bond donors (Lipinski definition) is 2. The van der Waals surface area contributed by atoms with Crippen molar-refractivity contribution in [2.45, 2.75) is 44.8 Å². The molecule has 4 rings (SSSR count). The van der Waals surface area contributed by atoms with Crippen molar-refractivity contribution in [2.24, 2.45) is 5.73 Å². The minimum atomic E-state index is -3.27. The van der Waals surface area contributed by atoms with Crippen LogP contribution in [0.5, 0.6) is 5.75 Å². The molecule has 1 aromatic heterocycles. The van der Waals surface area contributed by atoms with Gasteiger partial charge in [0, 0.05) is 36.9 Å². The van der Waals surface area contributed by atoms with E-state index in [0.29, 0.717) is 30.7 Å². The van der Waals surface area contributed by atoms with Crippen molar-refractivity contribution in [1.82, 2.24) is 4.57 Å². The highest BCUT2D eigenvalue weighted by Gasteiger charge is 2.31. The van der Waals surface area contributed by atoms with Crippen LogP contribution in [-0.4, -0.2) is 41.9 Å². The summed E-state index contributed by atoms with van der Waals surface area (Å²) in [5.41, 5.74) is 4.81. The summed E-state index contributed by atoms with van der Waals surface area (Å²) in [6.45, 7) is -2.52. The highest BCUT2D eigenvalue weighted by Crippen LogP contribution is 2.44. The maximum absolute atomic E-state index is 15.4. The Morgan fingerprint density at radius 3 is 2.48 bits per heavy atom. The van der Waals surface area contributed by atoms with Crippen LogP contribution in [0.1, 0.15) is 48.5 Å². The van der Waals surface area contributed by atoms with Crippen molar-refractivity contribution in [2.75, 3.05) is 24.5 Å². The zero-order valence-electron chi connectivity index (χ0n) is 17.6. The molecule has 2 aromatic rings. The van der Waals surface area contributed by atoms with Crippen molar-refractivity contribution in [3.05, 3.63) is 44.5 Å². The van der Waals surface area contributed by atoms with Gasteiger partial charge in [-0.25, -0.2) is 9.18 Å². The number of nitrogens with zero attached hydrogens (tertiary/aromatic N) is 2. The van der Waals surface area contributed by atoms with Gasteiger partial charge in [-0.3, -0.25) is 4.79 Å². The van der Waals surface area contributed by atoms with Crippen molar-refractivity contribution in [1.29, 1.82) is 0 Å². The lowest BCUT2D eigenvalue weighted by atomic mass is 9.91. The zero-order valence-corrected chi connectivity index (χ0v) is 18.4. The predicted molar refractivity (Wildman–Crippen MR) is 118 cm³/mol. The number of pyridine rings is 1. The number of piperidine rings is 1. The van der Waals surface area contributed by atoms with E-state index in [1.165, 1.54) is 4.57 Å². The van der Waals surface area contributed by atoms with E-state index in [1.807, 2.05) is 0 Å². The van der Waals surface area contributed by atoms with Crippen LogP contribution in [-0.2, 0) is 0 Å². The molecule has 3 N–H and O–H groups in total. The Hall–Kier alpha value is -2.72. The number of aromatic nitrogens is 1. The molecular formula is C22H23ClF3N3O4. The van der Waals surface area contributed by atoms with Crippen LogP contribution in [0.3, 0.4) is 0 Å². The third kappa shape index (κ3) is 4.29. The number of ether oxygens (including phenoxy) is 1. The normalized spacial score (nSPS) is 16.9. The number of halogens is 4. The van der Waals surface area contributed by atoms with Crippen molar-refractivity contribution < 1.29 is 27.8 Å². The van der Waals surface area contributed by atoms with Gasteiger partial charge < -0.3 is 25.0 Å². The minimum Gasteiger partial charge on any atom is -0.477 e. The Bertz CT molecular complexity index is 1180. The van der Waals surface area contributed by atoms with E-state index in [4.69, 9.17) is 22.1 Å². The van der Waals surface area contributed by atoms with Crippen molar-refractivity contribution in [3.63, 3.8) is 0 Å². The van der Waals surface area contributed by atoms with E-state index in [-0.39, 0.29) is 42.3 Å².